The third-order valence-corrected chi connectivity index (χ3v) is 4.11. The van der Waals surface area contributed by atoms with Gasteiger partial charge in [0.25, 0.3) is 0 Å². The Labute approximate surface area is 103 Å². The molecular weight excluding hydrogens is 210 g/mol. The van der Waals surface area contributed by atoms with E-state index in [1.165, 1.54) is 17.7 Å². The van der Waals surface area contributed by atoms with E-state index < -0.39 is 0 Å². The zero-order valence-electron chi connectivity index (χ0n) is 10.2. The van der Waals surface area contributed by atoms with Crippen molar-refractivity contribution < 1.29 is 4.79 Å². The molecule has 1 aromatic rings. The van der Waals surface area contributed by atoms with Gasteiger partial charge < -0.3 is 4.90 Å². The highest BCUT2D eigenvalue weighted by molar-refractivity contribution is 5.82. The van der Waals surface area contributed by atoms with Crippen LogP contribution in [-0.2, 0) is 11.2 Å². The highest BCUT2D eigenvalue weighted by atomic mass is 16.1. The molecule has 0 N–H and O–H groups in total. The van der Waals surface area contributed by atoms with Crippen LogP contribution in [0.1, 0.15) is 31.2 Å². The second-order valence-electron chi connectivity index (χ2n) is 5.23. The van der Waals surface area contributed by atoms with Crippen molar-refractivity contribution in [2.45, 2.75) is 32.1 Å². The van der Waals surface area contributed by atoms with Crippen LogP contribution in [0.3, 0.4) is 0 Å². The predicted molar refractivity (Wildman–Crippen MR) is 69.3 cm³/mol. The van der Waals surface area contributed by atoms with Crippen LogP contribution < -0.4 is 4.90 Å². The molecule has 3 rings (SSSR count). The van der Waals surface area contributed by atoms with Crippen molar-refractivity contribution in [1.82, 2.24) is 0 Å². The van der Waals surface area contributed by atoms with E-state index in [0.29, 0.717) is 5.78 Å². The fourth-order valence-corrected chi connectivity index (χ4v) is 3.11. The molecule has 1 heterocycles. The van der Waals surface area contributed by atoms with Gasteiger partial charge in [-0.25, -0.2) is 0 Å². The van der Waals surface area contributed by atoms with Gasteiger partial charge in [-0.05, 0) is 30.9 Å². The number of hydrogen-bond acceptors (Lipinski definition) is 2. The van der Waals surface area contributed by atoms with Crippen LogP contribution in [0, 0.1) is 5.92 Å². The van der Waals surface area contributed by atoms with Crippen LogP contribution in [0.4, 0.5) is 5.69 Å². The maximum absolute atomic E-state index is 11.9. The Balaban J connectivity index is 1.72. The van der Waals surface area contributed by atoms with E-state index in [-0.39, 0.29) is 5.92 Å². The fourth-order valence-electron chi connectivity index (χ4n) is 3.11. The average molecular weight is 229 g/mol. The molecule has 1 aromatic carbocycles. The lowest BCUT2D eigenvalue weighted by Gasteiger charge is -2.27. The van der Waals surface area contributed by atoms with Crippen molar-refractivity contribution in [3.05, 3.63) is 29.8 Å². The lowest BCUT2D eigenvalue weighted by Crippen LogP contribution is -2.33. The normalized spacial score (nSPS) is 23.9. The Morgan fingerprint density at radius 3 is 2.94 bits per heavy atom. The number of Topliss-reactive ketones (excluding diaryl/α,β-unsaturated/α-hetero) is 1. The molecule has 1 aliphatic carbocycles. The van der Waals surface area contributed by atoms with Gasteiger partial charge in [-0.3, -0.25) is 4.79 Å². The van der Waals surface area contributed by atoms with E-state index in [2.05, 4.69) is 29.2 Å². The maximum atomic E-state index is 11.9. The van der Waals surface area contributed by atoms with E-state index >= 15 is 0 Å². The van der Waals surface area contributed by atoms with E-state index in [9.17, 15) is 4.79 Å². The molecule has 1 fully saturated rings. The van der Waals surface area contributed by atoms with Gasteiger partial charge in [0.05, 0.1) is 0 Å². The van der Waals surface area contributed by atoms with Crippen molar-refractivity contribution in [3.8, 4) is 0 Å². The Hall–Kier alpha value is -1.31. The minimum absolute atomic E-state index is 0.287. The first kappa shape index (κ1) is 10.8. The molecule has 0 amide bonds. The van der Waals surface area contributed by atoms with Gasteiger partial charge in [-0.1, -0.05) is 24.6 Å². The lowest BCUT2D eigenvalue weighted by molar-refractivity contribution is -0.124. The smallest absolute Gasteiger partial charge is 0.137 e. The van der Waals surface area contributed by atoms with Crippen LogP contribution in [-0.4, -0.2) is 18.9 Å². The summed E-state index contributed by atoms with van der Waals surface area (Å²) in [7, 11) is 0. The summed E-state index contributed by atoms with van der Waals surface area (Å²) in [4.78, 5) is 14.3. The molecular formula is C15H19NO. The van der Waals surface area contributed by atoms with Gasteiger partial charge in [0.1, 0.15) is 5.78 Å². The quantitative estimate of drug-likeness (QED) is 0.777. The first-order valence-electron chi connectivity index (χ1n) is 6.70. The Morgan fingerprint density at radius 2 is 2.06 bits per heavy atom. The highest BCUT2D eigenvalue weighted by Crippen LogP contribution is 2.30. The Morgan fingerprint density at radius 1 is 1.18 bits per heavy atom. The van der Waals surface area contributed by atoms with Gasteiger partial charge in [0.2, 0.25) is 0 Å². The second kappa shape index (κ2) is 4.52. The summed E-state index contributed by atoms with van der Waals surface area (Å²) in [5.74, 6) is 0.774. The molecule has 0 aromatic heterocycles. The number of benzene rings is 1. The van der Waals surface area contributed by atoms with Gasteiger partial charge in [0.15, 0.2) is 0 Å². The minimum Gasteiger partial charge on any atom is -0.370 e. The maximum Gasteiger partial charge on any atom is 0.137 e. The molecule has 0 saturated heterocycles. The van der Waals surface area contributed by atoms with Crippen molar-refractivity contribution in [3.63, 3.8) is 0 Å². The number of hydrogen-bond donors (Lipinski definition) is 0. The summed E-state index contributed by atoms with van der Waals surface area (Å²) < 4.78 is 0. The molecule has 1 saturated carbocycles. The molecule has 2 nitrogen and oxygen atoms in total. The summed E-state index contributed by atoms with van der Waals surface area (Å²) >= 11 is 0. The molecule has 1 atom stereocenters. The summed E-state index contributed by atoms with van der Waals surface area (Å²) in [5.41, 5.74) is 2.79. The van der Waals surface area contributed by atoms with Crippen LogP contribution in [0.25, 0.3) is 0 Å². The topological polar surface area (TPSA) is 20.3 Å². The first-order chi connectivity index (χ1) is 8.34. The second-order valence-corrected chi connectivity index (χ2v) is 5.23. The molecule has 2 heteroatoms. The molecule has 17 heavy (non-hydrogen) atoms. The molecule has 0 radical (unpaired) electrons. The van der Waals surface area contributed by atoms with E-state index in [0.717, 1.165) is 38.8 Å². The number of nitrogens with zero attached hydrogens (tertiary/aromatic N) is 1. The monoisotopic (exact) mass is 229 g/mol. The highest BCUT2D eigenvalue weighted by Gasteiger charge is 2.27. The van der Waals surface area contributed by atoms with Gasteiger partial charge in [0, 0.05) is 31.1 Å². The molecule has 1 unspecified atom stereocenters. The van der Waals surface area contributed by atoms with Crippen molar-refractivity contribution >= 4 is 11.5 Å². The number of fused-ring (bicyclic) bond motifs is 1. The number of carbonyl (C=O) groups excluding carboxylic acids is 1. The molecule has 90 valence electrons. The number of ketones is 1. The van der Waals surface area contributed by atoms with Crippen LogP contribution in [0.5, 0.6) is 0 Å². The largest absolute Gasteiger partial charge is 0.370 e. The Bertz CT molecular complexity index is 427. The Kier molecular flexibility index (Phi) is 2.87. The predicted octanol–water partition coefficient (Wildman–Crippen LogP) is 2.81. The summed E-state index contributed by atoms with van der Waals surface area (Å²) in [5, 5.41) is 0. The lowest BCUT2D eigenvalue weighted by atomic mass is 9.87. The van der Waals surface area contributed by atoms with Crippen molar-refractivity contribution in [2.75, 3.05) is 18.0 Å². The molecule has 0 spiro atoms. The van der Waals surface area contributed by atoms with E-state index in [4.69, 9.17) is 0 Å². The first-order valence-corrected chi connectivity index (χ1v) is 6.70. The van der Waals surface area contributed by atoms with Crippen LogP contribution in [0.2, 0.25) is 0 Å². The molecule has 0 bridgehead atoms. The summed E-state index contributed by atoms with van der Waals surface area (Å²) in [6.45, 7) is 2.03. The van der Waals surface area contributed by atoms with Gasteiger partial charge >= 0.3 is 0 Å². The number of carbonyl (C=O) groups is 1. The summed E-state index contributed by atoms with van der Waals surface area (Å²) in [6, 6.07) is 8.60. The third kappa shape index (κ3) is 2.08. The zero-order chi connectivity index (χ0) is 11.7. The number of anilines is 1. The average Bonchev–Trinajstić information content (AvgIpc) is 2.76. The summed E-state index contributed by atoms with van der Waals surface area (Å²) in [6.07, 6.45) is 5.37. The zero-order valence-corrected chi connectivity index (χ0v) is 10.2. The number of para-hydroxylation sites is 1. The molecule has 1 aliphatic heterocycles. The van der Waals surface area contributed by atoms with Gasteiger partial charge in [-0.2, -0.15) is 0 Å². The standard InChI is InChI=1S/C15H19NO/c17-15-8-4-2-6-13(15)11-16-10-9-12-5-1-3-7-14(12)16/h1,3,5,7,13H,2,4,6,8-11H2. The van der Waals surface area contributed by atoms with Crippen LogP contribution >= 0.6 is 0 Å². The van der Waals surface area contributed by atoms with E-state index in [1.54, 1.807) is 0 Å². The van der Waals surface area contributed by atoms with Crippen molar-refractivity contribution in [1.29, 1.82) is 0 Å². The van der Waals surface area contributed by atoms with Crippen molar-refractivity contribution in [2.24, 2.45) is 5.92 Å². The van der Waals surface area contributed by atoms with Crippen LogP contribution in [0.15, 0.2) is 24.3 Å². The SMILES string of the molecule is O=C1CCCCC1CN1CCc2ccccc21. The molecule has 2 aliphatic rings. The fraction of sp³-hybridized carbons (Fsp3) is 0.533. The minimum atomic E-state index is 0.287. The van der Waals surface area contributed by atoms with E-state index in [1.807, 2.05) is 0 Å². The third-order valence-electron chi connectivity index (χ3n) is 4.11. The number of rotatable bonds is 2. The van der Waals surface area contributed by atoms with Gasteiger partial charge in [-0.15, -0.1) is 0 Å².